The largest absolute Gasteiger partial charge is 0.378 e. The molecule has 0 aliphatic carbocycles. The van der Waals surface area contributed by atoms with Crippen LogP contribution in [0.15, 0.2) is 65.4 Å². The number of hydrogen-bond acceptors (Lipinski definition) is 4. The zero-order chi connectivity index (χ0) is 23.5. The highest BCUT2D eigenvalue weighted by Crippen LogP contribution is 2.35. The molecule has 2 heterocycles. The fraction of sp³-hybridized carbons (Fsp3) is 0.370. The van der Waals surface area contributed by atoms with Crippen molar-refractivity contribution in [2.45, 2.75) is 19.4 Å². The maximum Gasteiger partial charge on any atom is 0.171 e. The van der Waals surface area contributed by atoms with Crippen LogP contribution in [0.25, 0.3) is 6.08 Å². The van der Waals surface area contributed by atoms with Gasteiger partial charge in [0.1, 0.15) is 0 Å². The molecule has 0 fully saturated rings. The molecule has 4 rings (SSSR count). The maximum absolute atomic E-state index is 5.65. The van der Waals surface area contributed by atoms with Gasteiger partial charge < -0.3 is 20.4 Å². The van der Waals surface area contributed by atoms with Gasteiger partial charge >= 0.3 is 0 Å². The van der Waals surface area contributed by atoms with Gasteiger partial charge in [-0.2, -0.15) is 0 Å². The van der Waals surface area contributed by atoms with Crippen molar-refractivity contribution in [3.63, 3.8) is 0 Å². The van der Waals surface area contributed by atoms with Gasteiger partial charge in [0, 0.05) is 58.4 Å². The molecule has 6 heteroatoms. The topological polar surface area (TPSA) is 33.8 Å². The molecule has 0 spiro atoms. The first-order valence-corrected chi connectivity index (χ1v) is 12.0. The molecule has 0 aromatic heterocycles. The second-order valence-electron chi connectivity index (χ2n) is 9.28. The third-order valence-corrected chi connectivity index (χ3v) is 6.55. The van der Waals surface area contributed by atoms with E-state index in [-0.39, 0.29) is 6.04 Å². The molecule has 2 aliphatic heterocycles. The minimum Gasteiger partial charge on any atom is -0.378 e. The number of nitrogens with one attached hydrogen (secondary N) is 2. The van der Waals surface area contributed by atoms with Crippen LogP contribution in [0.3, 0.4) is 0 Å². The predicted octanol–water partition coefficient (Wildman–Crippen LogP) is 4.40. The minimum absolute atomic E-state index is 0.0733. The lowest BCUT2D eigenvalue weighted by Crippen LogP contribution is -2.50. The van der Waals surface area contributed by atoms with E-state index in [0.29, 0.717) is 5.11 Å². The second-order valence-corrected chi connectivity index (χ2v) is 9.69. The third-order valence-electron chi connectivity index (χ3n) is 6.33. The lowest BCUT2D eigenvalue weighted by molar-refractivity contribution is 0.301. The smallest absolute Gasteiger partial charge is 0.171 e. The first kappa shape index (κ1) is 23.3. The minimum atomic E-state index is 0.0733. The van der Waals surface area contributed by atoms with Crippen LogP contribution in [0.2, 0.25) is 0 Å². The molecule has 174 valence electrons. The van der Waals surface area contributed by atoms with Gasteiger partial charge in [-0.1, -0.05) is 31.2 Å². The van der Waals surface area contributed by atoms with E-state index >= 15 is 0 Å². The van der Waals surface area contributed by atoms with Crippen LogP contribution >= 0.6 is 12.2 Å². The molecule has 0 amide bonds. The predicted molar refractivity (Wildman–Crippen MR) is 145 cm³/mol. The SMILES string of the molecule is CCCN1CC(=Cc2ccc(N(C)C)cc2)C2=C(C1)C(c1ccc(N(C)C)cc1)NC(=S)N2. The molecule has 2 aromatic carbocycles. The monoisotopic (exact) mass is 461 g/mol. The van der Waals surface area contributed by atoms with Gasteiger partial charge in [-0.25, -0.2) is 0 Å². The molecular formula is C27H35N5S. The van der Waals surface area contributed by atoms with Crippen LogP contribution in [0.1, 0.15) is 30.5 Å². The van der Waals surface area contributed by atoms with Crippen molar-refractivity contribution < 1.29 is 0 Å². The molecule has 2 N–H and O–H groups in total. The van der Waals surface area contributed by atoms with Gasteiger partial charge in [-0.15, -0.1) is 0 Å². The average molecular weight is 462 g/mol. The molecule has 0 radical (unpaired) electrons. The summed E-state index contributed by atoms with van der Waals surface area (Å²) in [5.74, 6) is 0. The molecule has 2 aliphatic rings. The van der Waals surface area contributed by atoms with Crippen molar-refractivity contribution in [1.29, 1.82) is 0 Å². The molecule has 33 heavy (non-hydrogen) atoms. The summed E-state index contributed by atoms with van der Waals surface area (Å²) in [7, 11) is 8.28. The maximum atomic E-state index is 5.65. The number of rotatable bonds is 6. The molecule has 0 saturated heterocycles. The first-order chi connectivity index (χ1) is 15.9. The van der Waals surface area contributed by atoms with Gasteiger partial charge in [-0.3, -0.25) is 4.90 Å². The highest BCUT2D eigenvalue weighted by atomic mass is 32.1. The second kappa shape index (κ2) is 9.98. The summed E-state index contributed by atoms with van der Waals surface area (Å²) in [5, 5.41) is 7.72. The zero-order valence-electron chi connectivity index (χ0n) is 20.4. The Bertz CT molecular complexity index is 1050. The van der Waals surface area contributed by atoms with Crippen molar-refractivity contribution in [2.24, 2.45) is 0 Å². The Kier molecular flexibility index (Phi) is 7.05. The number of anilines is 2. The fourth-order valence-corrected chi connectivity index (χ4v) is 4.80. The molecule has 0 saturated carbocycles. The summed E-state index contributed by atoms with van der Waals surface area (Å²) >= 11 is 5.65. The normalized spacial score (nSPS) is 19.7. The molecule has 2 aromatic rings. The summed E-state index contributed by atoms with van der Waals surface area (Å²) in [4.78, 5) is 6.79. The van der Waals surface area contributed by atoms with E-state index in [1.807, 2.05) is 0 Å². The van der Waals surface area contributed by atoms with Gasteiger partial charge in [0.15, 0.2) is 5.11 Å². The zero-order valence-corrected chi connectivity index (χ0v) is 21.2. The van der Waals surface area contributed by atoms with Crippen molar-refractivity contribution in [1.82, 2.24) is 15.5 Å². The summed E-state index contributed by atoms with van der Waals surface area (Å²) in [5.41, 5.74) is 8.68. The van der Waals surface area contributed by atoms with Crippen molar-refractivity contribution in [2.75, 3.05) is 57.6 Å². The molecule has 1 atom stereocenters. The summed E-state index contributed by atoms with van der Waals surface area (Å²) in [6, 6.07) is 17.6. The van der Waals surface area contributed by atoms with E-state index in [9.17, 15) is 0 Å². The van der Waals surface area contributed by atoms with E-state index in [1.165, 1.54) is 39.3 Å². The molecule has 0 bridgehead atoms. The Hall–Kier alpha value is -2.83. The van der Waals surface area contributed by atoms with Gasteiger partial charge in [0.25, 0.3) is 0 Å². The Morgan fingerprint density at radius 2 is 1.55 bits per heavy atom. The molecule has 1 unspecified atom stereocenters. The Balaban J connectivity index is 1.74. The van der Waals surface area contributed by atoms with Gasteiger partial charge in [0.2, 0.25) is 0 Å². The molecule has 5 nitrogen and oxygen atoms in total. The van der Waals surface area contributed by atoms with E-state index in [1.54, 1.807) is 0 Å². The quantitative estimate of drug-likeness (QED) is 0.621. The standard InChI is InChI=1S/C27H35N5S/c1-6-15-32-17-21(16-19-7-11-22(12-8-19)30(2)3)26-24(18-32)25(28-27(33)29-26)20-9-13-23(14-10-20)31(4)5/h7-14,16,25H,6,15,17-18H2,1-5H3,(H2,28,29,33). The van der Waals surface area contributed by atoms with Gasteiger partial charge in [0.05, 0.1) is 6.04 Å². The lowest BCUT2D eigenvalue weighted by atomic mass is 9.88. The number of thiocarbonyl (C=S) groups is 1. The highest BCUT2D eigenvalue weighted by Gasteiger charge is 2.33. The van der Waals surface area contributed by atoms with E-state index < -0.39 is 0 Å². The van der Waals surface area contributed by atoms with Crippen molar-refractivity contribution in [3.8, 4) is 0 Å². The van der Waals surface area contributed by atoms with Crippen LogP contribution in [0, 0.1) is 0 Å². The fourth-order valence-electron chi connectivity index (χ4n) is 4.58. The number of hydrogen-bond donors (Lipinski definition) is 2. The van der Waals surface area contributed by atoms with Crippen LogP contribution in [0.5, 0.6) is 0 Å². The Morgan fingerprint density at radius 3 is 2.12 bits per heavy atom. The number of nitrogens with zero attached hydrogens (tertiary/aromatic N) is 3. The van der Waals surface area contributed by atoms with Crippen LogP contribution in [-0.4, -0.2) is 57.8 Å². The van der Waals surface area contributed by atoms with E-state index in [4.69, 9.17) is 12.2 Å². The lowest BCUT2D eigenvalue weighted by Gasteiger charge is -2.40. The summed E-state index contributed by atoms with van der Waals surface area (Å²) in [6.07, 6.45) is 3.44. The van der Waals surface area contributed by atoms with Crippen molar-refractivity contribution in [3.05, 3.63) is 76.5 Å². The highest BCUT2D eigenvalue weighted by molar-refractivity contribution is 7.80. The summed E-state index contributed by atoms with van der Waals surface area (Å²) < 4.78 is 0. The first-order valence-electron chi connectivity index (χ1n) is 11.6. The molecular weight excluding hydrogens is 426 g/mol. The summed E-state index contributed by atoms with van der Waals surface area (Å²) in [6.45, 7) is 5.18. The van der Waals surface area contributed by atoms with Crippen molar-refractivity contribution >= 4 is 34.8 Å². The van der Waals surface area contributed by atoms with E-state index in [2.05, 4.69) is 115 Å². The van der Waals surface area contributed by atoms with Crippen LogP contribution in [0.4, 0.5) is 11.4 Å². The van der Waals surface area contributed by atoms with Crippen LogP contribution in [-0.2, 0) is 0 Å². The van der Waals surface area contributed by atoms with Gasteiger partial charge in [-0.05, 0) is 77.8 Å². The Morgan fingerprint density at radius 1 is 0.939 bits per heavy atom. The average Bonchev–Trinajstić information content (AvgIpc) is 2.80. The van der Waals surface area contributed by atoms with E-state index in [0.717, 1.165) is 26.1 Å². The number of benzene rings is 2. The third kappa shape index (κ3) is 5.23. The Labute approximate surface area is 203 Å². The van der Waals surface area contributed by atoms with Crippen LogP contribution < -0.4 is 20.4 Å².